The van der Waals surface area contributed by atoms with Gasteiger partial charge >= 0.3 is 0 Å². The van der Waals surface area contributed by atoms with Gasteiger partial charge in [0, 0.05) is 10.5 Å². The van der Waals surface area contributed by atoms with Crippen molar-refractivity contribution in [3.05, 3.63) is 59.7 Å². The van der Waals surface area contributed by atoms with Crippen LogP contribution in [-0.4, -0.2) is 16.9 Å². The van der Waals surface area contributed by atoms with Crippen LogP contribution in [0.25, 0.3) is 0 Å². The number of rotatable bonds is 3. The summed E-state index contributed by atoms with van der Waals surface area (Å²) < 4.78 is 0. The monoisotopic (exact) mass is 317 g/mol. The Bertz CT molecular complexity index is 703. The topological polar surface area (TPSA) is 37.4 Å². The number of hydrogen-bond acceptors (Lipinski definition) is 3. The third kappa shape index (κ3) is 2.96. The van der Waals surface area contributed by atoms with Gasteiger partial charge in [-0.1, -0.05) is 30.3 Å². The zero-order chi connectivity index (χ0) is 14.8. The predicted octanol–water partition coefficient (Wildman–Crippen LogP) is 3.70. The number of carbonyl (C=O) groups excluding carboxylic acids is 2. The Morgan fingerprint density at radius 1 is 1.19 bits per heavy atom. The number of nitrogens with zero attached hydrogens (tertiary/aromatic N) is 1. The van der Waals surface area contributed by atoms with E-state index in [9.17, 15) is 9.59 Å². The summed E-state index contributed by atoms with van der Waals surface area (Å²) in [5.74, 6) is 0.445. The first-order valence-corrected chi connectivity index (χ1v) is 7.82. The summed E-state index contributed by atoms with van der Waals surface area (Å²) in [5, 5.41) is -0.482. The number of halogens is 1. The maximum absolute atomic E-state index is 12.2. The van der Waals surface area contributed by atoms with E-state index < -0.39 is 5.24 Å². The molecule has 0 fully saturated rings. The number of carbonyl (C=O) groups is 2. The highest BCUT2D eigenvalue weighted by Crippen LogP contribution is 2.37. The van der Waals surface area contributed by atoms with E-state index in [1.165, 1.54) is 11.8 Å². The number of amides is 1. The van der Waals surface area contributed by atoms with Gasteiger partial charge in [-0.15, -0.1) is 11.8 Å². The summed E-state index contributed by atoms with van der Waals surface area (Å²) in [6, 6.07) is 15.0. The molecule has 1 aliphatic heterocycles. The maximum atomic E-state index is 12.2. The molecule has 21 heavy (non-hydrogen) atoms. The van der Waals surface area contributed by atoms with E-state index in [1.54, 1.807) is 23.1 Å². The van der Waals surface area contributed by atoms with Crippen molar-refractivity contribution < 1.29 is 9.59 Å². The molecule has 2 aromatic carbocycles. The van der Waals surface area contributed by atoms with Crippen LogP contribution in [0.3, 0.4) is 0 Å². The summed E-state index contributed by atoms with van der Waals surface area (Å²) in [5.41, 5.74) is 2.36. The fourth-order valence-electron chi connectivity index (χ4n) is 2.27. The lowest BCUT2D eigenvalue weighted by Gasteiger charge is -2.29. The van der Waals surface area contributed by atoms with Gasteiger partial charge in [-0.3, -0.25) is 9.59 Å². The van der Waals surface area contributed by atoms with Gasteiger partial charge in [0.05, 0.1) is 18.0 Å². The SMILES string of the molecule is O=C(Cl)c1ccc2c(c1)SCC(=O)N2Cc1ccccc1. The van der Waals surface area contributed by atoms with Crippen molar-refractivity contribution in [2.75, 3.05) is 10.7 Å². The molecule has 0 aromatic heterocycles. The third-order valence-corrected chi connectivity index (χ3v) is 4.56. The van der Waals surface area contributed by atoms with Gasteiger partial charge < -0.3 is 4.90 Å². The molecule has 0 unspecified atom stereocenters. The maximum Gasteiger partial charge on any atom is 0.252 e. The van der Waals surface area contributed by atoms with Crippen molar-refractivity contribution >= 4 is 40.2 Å². The number of fused-ring (bicyclic) bond motifs is 1. The second-order valence-electron chi connectivity index (χ2n) is 4.71. The molecule has 1 aliphatic rings. The summed E-state index contributed by atoms with van der Waals surface area (Å²) in [7, 11) is 0. The Morgan fingerprint density at radius 2 is 1.95 bits per heavy atom. The van der Waals surface area contributed by atoms with Gasteiger partial charge in [-0.2, -0.15) is 0 Å². The molecule has 0 aliphatic carbocycles. The molecule has 1 amide bonds. The molecule has 0 saturated carbocycles. The van der Waals surface area contributed by atoms with Crippen LogP contribution in [0.1, 0.15) is 15.9 Å². The van der Waals surface area contributed by atoms with Crippen LogP contribution in [0, 0.1) is 0 Å². The Balaban J connectivity index is 1.95. The molecule has 0 radical (unpaired) electrons. The van der Waals surface area contributed by atoms with Crippen LogP contribution in [0.15, 0.2) is 53.4 Å². The number of hydrogen-bond donors (Lipinski definition) is 0. The predicted molar refractivity (Wildman–Crippen MR) is 85.0 cm³/mol. The first kappa shape index (κ1) is 14.2. The highest BCUT2D eigenvalue weighted by molar-refractivity contribution is 8.00. The minimum absolute atomic E-state index is 0.0707. The van der Waals surface area contributed by atoms with Crippen LogP contribution in [0.4, 0.5) is 5.69 Å². The second kappa shape index (κ2) is 5.92. The molecular weight excluding hydrogens is 306 g/mol. The second-order valence-corrected chi connectivity index (χ2v) is 6.07. The van der Waals surface area contributed by atoms with Gasteiger partial charge in [0.25, 0.3) is 5.24 Å². The molecule has 2 aromatic rings. The van der Waals surface area contributed by atoms with Crippen LogP contribution in [0.2, 0.25) is 0 Å². The van der Waals surface area contributed by atoms with Crippen molar-refractivity contribution in [3.8, 4) is 0 Å². The molecule has 3 nitrogen and oxygen atoms in total. The standard InChI is InChI=1S/C16H12ClNO2S/c17-16(20)12-6-7-13-14(8-12)21-10-15(19)18(13)9-11-4-2-1-3-5-11/h1-8H,9-10H2. The third-order valence-electron chi connectivity index (χ3n) is 3.31. The fraction of sp³-hybridized carbons (Fsp3) is 0.125. The van der Waals surface area contributed by atoms with Gasteiger partial charge in [-0.25, -0.2) is 0 Å². The van der Waals surface area contributed by atoms with Crippen LogP contribution < -0.4 is 4.90 Å². The smallest absolute Gasteiger partial charge is 0.252 e. The fourth-order valence-corrected chi connectivity index (χ4v) is 3.35. The summed E-state index contributed by atoms with van der Waals surface area (Å²) >= 11 is 6.95. The molecule has 1 heterocycles. The van der Waals surface area contributed by atoms with Crippen LogP contribution in [-0.2, 0) is 11.3 Å². The highest BCUT2D eigenvalue weighted by atomic mass is 35.5. The van der Waals surface area contributed by atoms with E-state index in [1.807, 2.05) is 30.3 Å². The molecule has 0 atom stereocenters. The molecule has 0 saturated heterocycles. The van der Waals surface area contributed by atoms with Crippen molar-refractivity contribution in [1.82, 2.24) is 0 Å². The average Bonchev–Trinajstić information content (AvgIpc) is 2.50. The van der Waals surface area contributed by atoms with E-state index in [-0.39, 0.29) is 5.91 Å². The molecule has 0 bridgehead atoms. The van der Waals surface area contributed by atoms with Crippen molar-refractivity contribution in [3.63, 3.8) is 0 Å². The van der Waals surface area contributed by atoms with Gasteiger partial charge in [-0.05, 0) is 35.4 Å². The molecule has 0 N–H and O–H groups in total. The van der Waals surface area contributed by atoms with Crippen LogP contribution in [0.5, 0.6) is 0 Å². The normalized spacial score (nSPS) is 14.0. The number of benzene rings is 2. The van der Waals surface area contributed by atoms with E-state index in [0.29, 0.717) is 17.9 Å². The zero-order valence-corrected chi connectivity index (χ0v) is 12.7. The largest absolute Gasteiger partial charge is 0.306 e. The Kier molecular flexibility index (Phi) is 3.99. The Labute approximate surface area is 131 Å². The van der Waals surface area contributed by atoms with Gasteiger partial charge in [0.1, 0.15) is 0 Å². The van der Waals surface area contributed by atoms with E-state index in [0.717, 1.165) is 16.1 Å². The molecule has 5 heteroatoms. The lowest BCUT2D eigenvalue weighted by Crippen LogP contribution is -2.34. The van der Waals surface area contributed by atoms with Crippen LogP contribution >= 0.6 is 23.4 Å². The van der Waals surface area contributed by atoms with Gasteiger partial charge in [0.2, 0.25) is 5.91 Å². The number of thioether (sulfide) groups is 1. The lowest BCUT2D eigenvalue weighted by atomic mass is 10.1. The van der Waals surface area contributed by atoms with Crippen molar-refractivity contribution in [2.45, 2.75) is 11.4 Å². The lowest BCUT2D eigenvalue weighted by molar-refractivity contribution is -0.116. The highest BCUT2D eigenvalue weighted by Gasteiger charge is 2.25. The molecule has 0 spiro atoms. The Morgan fingerprint density at radius 3 is 2.67 bits per heavy atom. The Hall–Kier alpha value is -1.78. The molecule has 3 rings (SSSR count). The van der Waals surface area contributed by atoms with Gasteiger partial charge in [0.15, 0.2) is 0 Å². The first-order valence-electron chi connectivity index (χ1n) is 6.46. The average molecular weight is 318 g/mol. The first-order chi connectivity index (χ1) is 10.1. The molecule has 106 valence electrons. The minimum atomic E-state index is -0.482. The van der Waals surface area contributed by atoms with Crippen molar-refractivity contribution in [2.24, 2.45) is 0 Å². The van der Waals surface area contributed by atoms with E-state index >= 15 is 0 Å². The summed E-state index contributed by atoms with van der Waals surface area (Å²) in [4.78, 5) is 26.1. The summed E-state index contributed by atoms with van der Waals surface area (Å²) in [6.07, 6.45) is 0. The van der Waals surface area contributed by atoms with E-state index in [4.69, 9.17) is 11.6 Å². The van der Waals surface area contributed by atoms with E-state index in [2.05, 4.69) is 0 Å². The zero-order valence-electron chi connectivity index (χ0n) is 11.1. The minimum Gasteiger partial charge on any atom is -0.306 e. The summed E-state index contributed by atoms with van der Waals surface area (Å²) in [6.45, 7) is 0.529. The quantitative estimate of drug-likeness (QED) is 0.810. The molecular formula is C16H12ClNO2S. The number of anilines is 1. The van der Waals surface area contributed by atoms with Crippen molar-refractivity contribution in [1.29, 1.82) is 0 Å².